The van der Waals surface area contributed by atoms with Crippen molar-refractivity contribution in [3.8, 4) is 11.6 Å². The van der Waals surface area contributed by atoms with Crippen molar-refractivity contribution in [2.24, 2.45) is 4.99 Å². The normalized spacial score (nSPS) is 14.3. The van der Waals surface area contributed by atoms with Gasteiger partial charge in [-0.15, -0.1) is 24.0 Å². The van der Waals surface area contributed by atoms with E-state index in [2.05, 4.69) is 31.2 Å². The van der Waals surface area contributed by atoms with E-state index in [9.17, 15) is 0 Å². The lowest BCUT2D eigenvalue weighted by Gasteiger charge is -2.38. The number of ether oxygens (including phenoxy) is 2. The van der Waals surface area contributed by atoms with Gasteiger partial charge in [-0.2, -0.15) is 0 Å². The van der Waals surface area contributed by atoms with Crippen molar-refractivity contribution in [3.63, 3.8) is 0 Å². The van der Waals surface area contributed by atoms with Crippen molar-refractivity contribution < 1.29 is 9.47 Å². The summed E-state index contributed by atoms with van der Waals surface area (Å²) in [5.41, 5.74) is 2.06. The van der Waals surface area contributed by atoms with Crippen molar-refractivity contribution in [3.05, 3.63) is 48.2 Å². The third-order valence-corrected chi connectivity index (χ3v) is 4.63. The quantitative estimate of drug-likeness (QED) is 0.390. The van der Waals surface area contributed by atoms with Crippen LogP contribution in [0.2, 0.25) is 0 Å². The molecule has 2 aromatic rings. The van der Waals surface area contributed by atoms with E-state index in [1.165, 1.54) is 0 Å². The first-order chi connectivity index (χ1) is 13.2. The van der Waals surface area contributed by atoms with Gasteiger partial charge in [0.05, 0.1) is 32.1 Å². The Kier molecular flexibility index (Phi) is 8.62. The molecular weight excluding hydrogens is 469 g/mol. The summed E-state index contributed by atoms with van der Waals surface area (Å²) in [6, 6.07) is 13.9. The molecule has 1 aliphatic heterocycles. The molecule has 1 N–H and O–H groups in total. The number of nitrogens with zero attached hydrogens (tertiary/aromatic N) is 4. The van der Waals surface area contributed by atoms with Gasteiger partial charge in [-0.05, 0) is 18.2 Å². The predicted octanol–water partition coefficient (Wildman–Crippen LogP) is 2.61. The lowest BCUT2D eigenvalue weighted by Crippen LogP contribution is -2.52. The lowest BCUT2D eigenvalue weighted by atomic mass is 10.2. The topological polar surface area (TPSA) is 62.2 Å². The van der Waals surface area contributed by atoms with Crippen molar-refractivity contribution >= 4 is 35.6 Å². The zero-order chi connectivity index (χ0) is 19.1. The van der Waals surface area contributed by atoms with Gasteiger partial charge in [-0.3, -0.25) is 4.99 Å². The van der Waals surface area contributed by atoms with Gasteiger partial charge < -0.3 is 24.6 Å². The molecule has 152 valence electrons. The van der Waals surface area contributed by atoms with Gasteiger partial charge in [-0.1, -0.05) is 18.2 Å². The van der Waals surface area contributed by atoms with Crippen LogP contribution in [-0.4, -0.2) is 63.3 Å². The summed E-state index contributed by atoms with van der Waals surface area (Å²) in [4.78, 5) is 13.5. The molecule has 8 heteroatoms. The Hall–Kier alpha value is -2.23. The number of pyridine rings is 1. The number of piperazine rings is 1. The molecule has 0 atom stereocenters. The van der Waals surface area contributed by atoms with Crippen LogP contribution >= 0.6 is 24.0 Å². The van der Waals surface area contributed by atoms with E-state index in [-0.39, 0.29) is 24.0 Å². The molecular formula is C20H28IN5O2. The molecule has 1 aliphatic rings. The molecule has 3 rings (SSSR count). The first-order valence-electron chi connectivity index (χ1n) is 9.08. The van der Waals surface area contributed by atoms with Crippen molar-refractivity contribution in [2.45, 2.75) is 6.54 Å². The van der Waals surface area contributed by atoms with E-state index in [1.54, 1.807) is 14.2 Å². The molecule has 28 heavy (non-hydrogen) atoms. The van der Waals surface area contributed by atoms with Gasteiger partial charge in [-0.25, -0.2) is 4.98 Å². The standard InChI is InChI=1S/C20H27N5O2.HI/c1-21-20(22-15-16-7-6-10-19(23-16)27-3)25-13-11-24(12-14-25)17-8-4-5-9-18(17)26-2;/h4-10H,11-15H2,1-3H3,(H,21,22);1H. The second kappa shape index (κ2) is 10.9. The number of methoxy groups -OCH3 is 2. The number of guanidine groups is 1. The van der Waals surface area contributed by atoms with E-state index in [0.717, 1.165) is 49.3 Å². The van der Waals surface area contributed by atoms with Crippen LogP contribution in [0.1, 0.15) is 5.69 Å². The third kappa shape index (κ3) is 5.40. The lowest BCUT2D eigenvalue weighted by molar-refractivity contribution is 0.366. The number of aliphatic imine (C=N–C) groups is 1. The number of aromatic nitrogens is 1. The monoisotopic (exact) mass is 497 g/mol. The van der Waals surface area contributed by atoms with Crippen LogP contribution in [-0.2, 0) is 6.54 Å². The summed E-state index contributed by atoms with van der Waals surface area (Å²) in [5, 5.41) is 3.40. The molecule has 1 saturated heterocycles. The Morgan fingerprint density at radius 2 is 1.79 bits per heavy atom. The van der Waals surface area contributed by atoms with Crippen LogP contribution in [0.4, 0.5) is 5.69 Å². The van der Waals surface area contributed by atoms with E-state index in [0.29, 0.717) is 12.4 Å². The Bertz CT molecular complexity index is 779. The highest BCUT2D eigenvalue weighted by molar-refractivity contribution is 14.0. The van der Waals surface area contributed by atoms with Gasteiger partial charge in [0.15, 0.2) is 5.96 Å². The fraction of sp³-hybridized carbons (Fsp3) is 0.400. The minimum Gasteiger partial charge on any atom is -0.495 e. The molecule has 0 unspecified atom stereocenters. The van der Waals surface area contributed by atoms with E-state index < -0.39 is 0 Å². The maximum atomic E-state index is 5.49. The number of hydrogen-bond donors (Lipinski definition) is 1. The molecule has 1 aromatic heterocycles. The van der Waals surface area contributed by atoms with Crippen LogP contribution in [0.25, 0.3) is 0 Å². The van der Waals surface area contributed by atoms with E-state index in [1.807, 2.05) is 43.4 Å². The summed E-state index contributed by atoms with van der Waals surface area (Å²) < 4.78 is 10.7. The third-order valence-electron chi connectivity index (χ3n) is 4.63. The first kappa shape index (κ1) is 22.1. The number of halogens is 1. The Morgan fingerprint density at radius 3 is 2.46 bits per heavy atom. The van der Waals surface area contributed by atoms with Gasteiger partial charge in [0.25, 0.3) is 0 Å². The maximum absolute atomic E-state index is 5.49. The minimum absolute atomic E-state index is 0. The van der Waals surface area contributed by atoms with Gasteiger partial charge >= 0.3 is 0 Å². The molecule has 1 fully saturated rings. The van der Waals surface area contributed by atoms with Gasteiger partial charge in [0.2, 0.25) is 5.88 Å². The molecule has 0 spiro atoms. The van der Waals surface area contributed by atoms with Crippen LogP contribution in [0, 0.1) is 0 Å². The zero-order valence-electron chi connectivity index (χ0n) is 16.6. The maximum Gasteiger partial charge on any atom is 0.213 e. The average molecular weight is 497 g/mol. The van der Waals surface area contributed by atoms with Crippen LogP contribution in [0.15, 0.2) is 47.5 Å². The van der Waals surface area contributed by atoms with Crippen molar-refractivity contribution in [1.29, 1.82) is 0 Å². The fourth-order valence-electron chi connectivity index (χ4n) is 3.22. The highest BCUT2D eigenvalue weighted by Crippen LogP contribution is 2.28. The fourth-order valence-corrected chi connectivity index (χ4v) is 3.22. The van der Waals surface area contributed by atoms with Crippen LogP contribution < -0.4 is 19.7 Å². The van der Waals surface area contributed by atoms with E-state index in [4.69, 9.17) is 9.47 Å². The first-order valence-corrected chi connectivity index (χ1v) is 9.08. The molecule has 0 bridgehead atoms. The number of rotatable bonds is 5. The predicted molar refractivity (Wildman–Crippen MR) is 123 cm³/mol. The zero-order valence-corrected chi connectivity index (χ0v) is 18.9. The Morgan fingerprint density at radius 1 is 1.04 bits per heavy atom. The number of para-hydroxylation sites is 2. The molecule has 0 radical (unpaired) electrons. The second-order valence-corrected chi connectivity index (χ2v) is 6.22. The molecule has 0 amide bonds. The molecule has 0 saturated carbocycles. The van der Waals surface area contributed by atoms with Crippen molar-refractivity contribution in [1.82, 2.24) is 15.2 Å². The Balaban J connectivity index is 0.00000280. The molecule has 2 heterocycles. The Labute approximate surface area is 183 Å². The molecule has 7 nitrogen and oxygen atoms in total. The smallest absolute Gasteiger partial charge is 0.213 e. The largest absolute Gasteiger partial charge is 0.495 e. The number of hydrogen-bond acceptors (Lipinski definition) is 5. The minimum atomic E-state index is 0. The number of anilines is 1. The van der Waals surface area contributed by atoms with Crippen LogP contribution in [0.5, 0.6) is 11.6 Å². The molecule has 0 aliphatic carbocycles. The number of benzene rings is 1. The summed E-state index contributed by atoms with van der Waals surface area (Å²) in [7, 11) is 5.15. The molecule has 1 aromatic carbocycles. The summed E-state index contributed by atoms with van der Waals surface area (Å²) in [6.45, 7) is 4.22. The highest BCUT2D eigenvalue weighted by Gasteiger charge is 2.21. The second-order valence-electron chi connectivity index (χ2n) is 6.22. The van der Waals surface area contributed by atoms with Gasteiger partial charge in [0, 0.05) is 39.3 Å². The van der Waals surface area contributed by atoms with E-state index >= 15 is 0 Å². The van der Waals surface area contributed by atoms with Crippen molar-refractivity contribution in [2.75, 3.05) is 52.3 Å². The summed E-state index contributed by atoms with van der Waals surface area (Å²) >= 11 is 0. The van der Waals surface area contributed by atoms with Gasteiger partial charge in [0.1, 0.15) is 5.75 Å². The summed E-state index contributed by atoms with van der Waals surface area (Å²) in [6.07, 6.45) is 0. The average Bonchev–Trinajstić information content (AvgIpc) is 2.74. The number of nitrogens with one attached hydrogen (secondary N) is 1. The summed E-state index contributed by atoms with van der Waals surface area (Å²) in [5.74, 6) is 2.42. The highest BCUT2D eigenvalue weighted by atomic mass is 127. The SMILES string of the molecule is CN=C(NCc1cccc(OC)n1)N1CCN(c2ccccc2OC)CC1.I. The van der Waals surface area contributed by atoms with Crippen LogP contribution in [0.3, 0.4) is 0 Å².